The van der Waals surface area contributed by atoms with Crippen LogP contribution in [0.1, 0.15) is 31.5 Å². The van der Waals surface area contributed by atoms with Crippen molar-refractivity contribution < 1.29 is 13.2 Å². The van der Waals surface area contributed by atoms with Gasteiger partial charge < -0.3 is 5.32 Å². The summed E-state index contributed by atoms with van der Waals surface area (Å²) in [5, 5.41) is 3.12. The molecule has 0 saturated carbocycles. The Kier molecular flexibility index (Phi) is 4.16. The highest BCUT2D eigenvalue weighted by atomic mass is 19.2. The van der Waals surface area contributed by atoms with Crippen LogP contribution in [0.5, 0.6) is 0 Å². The van der Waals surface area contributed by atoms with Crippen LogP contribution < -0.4 is 5.32 Å². The van der Waals surface area contributed by atoms with E-state index in [-0.39, 0.29) is 10.9 Å². The summed E-state index contributed by atoms with van der Waals surface area (Å²) in [6.07, 6.45) is 1.41. The average molecular weight is 282 g/mol. The Morgan fingerprint density at radius 2 is 1.85 bits per heavy atom. The van der Waals surface area contributed by atoms with Crippen molar-refractivity contribution in [3.05, 3.63) is 34.8 Å². The number of aromatic nitrogens is 1. The molecule has 0 bridgehead atoms. The second kappa shape index (κ2) is 5.69. The predicted octanol–water partition coefficient (Wildman–Crippen LogP) is 4.34. The van der Waals surface area contributed by atoms with E-state index in [1.165, 1.54) is 0 Å². The van der Waals surface area contributed by atoms with E-state index in [1.54, 1.807) is 0 Å². The van der Waals surface area contributed by atoms with Crippen LogP contribution in [0.15, 0.2) is 6.07 Å². The van der Waals surface area contributed by atoms with Crippen LogP contribution >= 0.6 is 0 Å². The van der Waals surface area contributed by atoms with Gasteiger partial charge in [-0.3, -0.25) is 0 Å². The van der Waals surface area contributed by atoms with Crippen molar-refractivity contribution >= 4 is 16.6 Å². The summed E-state index contributed by atoms with van der Waals surface area (Å²) in [7, 11) is 0. The van der Waals surface area contributed by atoms with E-state index >= 15 is 0 Å². The van der Waals surface area contributed by atoms with E-state index in [9.17, 15) is 13.2 Å². The number of hydrogen-bond acceptors (Lipinski definition) is 2. The summed E-state index contributed by atoms with van der Waals surface area (Å²) < 4.78 is 41.3. The maximum atomic E-state index is 14.0. The first kappa shape index (κ1) is 14.6. The number of anilines is 1. The maximum Gasteiger partial charge on any atom is 0.185 e. The van der Waals surface area contributed by atoms with Crippen LogP contribution in [0.3, 0.4) is 0 Å². The third-order valence-electron chi connectivity index (χ3n) is 3.34. The number of rotatable bonds is 4. The molecule has 0 aliphatic heterocycles. The molecule has 1 aromatic heterocycles. The topological polar surface area (TPSA) is 24.9 Å². The Balaban J connectivity index is 2.85. The molecule has 20 heavy (non-hydrogen) atoms. The lowest BCUT2D eigenvalue weighted by Gasteiger charge is -2.16. The molecule has 0 fully saturated rings. The second-order valence-corrected chi connectivity index (χ2v) is 4.72. The van der Waals surface area contributed by atoms with Crippen molar-refractivity contribution in [3.63, 3.8) is 0 Å². The number of halogens is 3. The van der Waals surface area contributed by atoms with Crippen molar-refractivity contribution in [1.82, 2.24) is 4.98 Å². The first-order chi connectivity index (χ1) is 9.51. The molecule has 0 radical (unpaired) electrons. The standard InChI is InChI=1S/C15H17F3N2/c1-4-6-19-14-8(3)11(5-2)20-15-12(14)9(16)7-10(17)13(15)18/h7H,4-6H2,1-3H3,(H,19,20). The summed E-state index contributed by atoms with van der Waals surface area (Å²) in [5.41, 5.74) is 1.67. The van der Waals surface area contributed by atoms with E-state index in [1.807, 2.05) is 20.8 Å². The van der Waals surface area contributed by atoms with Crippen LogP contribution in [0.25, 0.3) is 10.9 Å². The molecule has 2 nitrogen and oxygen atoms in total. The molecule has 108 valence electrons. The molecule has 2 aromatic rings. The fourth-order valence-corrected chi connectivity index (χ4v) is 2.29. The van der Waals surface area contributed by atoms with E-state index in [0.717, 1.165) is 12.0 Å². The zero-order chi connectivity index (χ0) is 14.9. The lowest BCUT2D eigenvalue weighted by Crippen LogP contribution is -2.08. The van der Waals surface area contributed by atoms with E-state index < -0.39 is 17.5 Å². The summed E-state index contributed by atoms with van der Waals surface area (Å²) >= 11 is 0. The van der Waals surface area contributed by atoms with E-state index in [2.05, 4.69) is 10.3 Å². The van der Waals surface area contributed by atoms with Crippen LogP contribution in [0.2, 0.25) is 0 Å². The molecule has 5 heteroatoms. The molecule has 0 atom stereocenters. The Hall–Kier alpha value is -1.78. The lowest BCUT2D eigenvalue weighted by molar-refractivity contribution is 0.504. The van der Waals surface area contributed by atoms with Crippen molar-refractivity contribution in [2.45, 2.75) is 33.6 Å². The quantitative estimate of drug-likeness (QED) is 0.843. The van der Waals surface area contributed by atoms with Gasteiger partial charge in [0.25, 0.3) is 0 Å². The summed E-state index contributed by atoms with van der Waals surface area (Å²) in [5.74, 6) is -3.11. The molecule has 0 aliphatic rings. The van der Waals surface area contributed by atoms with Gasteiger partial charge >= 0.3 is 0 Å². The van der Waals surface area contributed by atoms with Gasteiger partial charge in [0, 0.05) is 18.3 Å². The molecule has 1 aromatic carbocycles. The van der Waals surface area contributed by atoms with Gasteiger partial charge in [-0.25, -0.2) is 18.2 Å². The normalized spacial score (nSPS) is 11.1. The summed E-state index contributed by atoms with van der Waals surface area (Å²) in [6.45, 7) is 6.28. The third kappa shape index (κ3) is 2.32. The average Bonchev–Trinajstić information content (AvgIpc) is 2.43. The van der Waals surface area contributed by atoms with Crippen molar-refractivity contribution in [1.29, 1.82) is 0 Å². The molecule has 2 rings (SSSR count). The van der Waals surface area contributed by atoms with Gasteiger partial charge in [-0.1, -0.05) is 13.8 Å². The largest absolute Gasteiger partial charge is 0.384 e. The predicted molar refractivity (Wildman–Crippen MR) is 74.5 cm³/mol. The Morgan fingerprint density at radius 1 is 1.15 bits per heavy atom. The minimum atomic E-state index is -1.21. The van der Waals surface area contributed by atoms with E-state index in [4.69, 9.17) is 0 Å². The molecular formula is C15H17F3N2. The Morgan fingerprint density at radius 3 is 2.45 bits per heavy atom. The first-order valence-electron chi connectivity index (χ1n) is 6.71. The van der Waals surface area contributed by atoms with E-state index in [0.29, 0.717) is 30.4 Å². The van der Waals surface area contributed by atoms with Crippen LogP contribution in [-0.4, -0.2) is 11.5 Å². The number of hydrogen-bond donors (Lipinski definition) is 1. The molecular weight excluding hydrogens is 265 g/mol. The highest BCUT2D eigenvalue weighted by molar-refractivity contribution is 5.94. The molecule has 0 saturated heterocycles. The summed E-state index contributed by atoms with van der Waals surface area (Å²) in [4.78, 5) is 4.09. The zero-order valence-electron chi connectivity index (χ0n) is 11.8. The minimum Gasteiger partial charge on any atom is -0.384 e. The number of pyridine rings is 1. The monoisotopic (exact) mass is 282 g/mol. The van der Waals surface area contributed by atoms with Crippen molar-refractivity contribution in [2.24, 2.45) is 0 Å². The molecule has 1 N–H and O–H groups in total. The second-order valence-electron chi connectivity index (χ2n) is 4.72. The SMILES string of the molecule is CCCNc1c(C)c(CC)nc2c(F)c(F)cc(F)c12. The molecule has 0 spiro atoms. The fourth-order valence-electron chi connectivity index (χ4n) is 2.29. The lowest BCUT2D eigenvalue weighted by atomic mass is 10.0. The molecule has 0 unspecified atom stereocenters. The Bertz CT molecular complexity index is 654. The highest BCUT2D eigenvalue weighted by Gasteiger charge is 2.20. The van der Waals surface area contributed by atoms with Gasteiger partial charge in [-0.15, -0.1) is 0 Å². The maximum absolute atomic E-state index is 14.0. The summed E-state index contributed by atoms with van der Waals surface area (Å²) in [6, 6.07) is 0.571. The van der Waals surface area contributed by atoms with Crippen LogP contribution in [0.4, 0.5) is 18.9 Å². The fraction of sp³-hybridized carbons (Fsp3) is 0.400. The smallest absolute Gasteiger partial charge is 0.185 e. The zero-order valence-corrected chi connectivity index (χ0v) is 11.8. The van der Waals surface area contributed by atoms with Crippen molar-refractivity contribution in [2.75, 3.05) is 11.9 Å². The number of nitrogens with zero attached hydrogens (tertiary/aromatic N) is 1. The third-order valence-corrected chi connectivity index (χ3v) is 3.34. The number of fused-ring (bicyclic) bond motifs is 1. The minimum absolute atomic E-state index is 0.0204. The van der Waals surface area contributed by atoms with Gasteiger partial charge in [0.2, 0.25) is 0 Å². The van der Waals surface area contributed by atoms with Crippen LogP contribution in [0, 0.1) is 24.4 Å². The van der Waals surface area contributed by atoms with Crippen molar-refractivity contribution in [3.8, 4) is 0 Å². The number of nitrogens with one attached hydrogen (secondary N) is 1. The first-order valence-corrected chi connectivity index (χ1v) is 6.71. The number of aryl methyl sites for hydroxylation is 1. The highest BCUT2D eigenvalue weighted by Crippen LogP contribution is 2.33. The molecule has 0 aliphatic carbocycles. The van der Waals surface area contributed by atoms with Gasteiger partial charge in [0.05, 0.1) is 11.1 Å². The number of benzene rings is 1. The van der Waals surface area contributed by atoms with Gasteiger partial charge in [0.15, 0.2) is 11.6 Å². The van der Waals surface area contributed by atoms with Gasteiger partial charge in [0.1, 0.15) is 11.3 Å². The molecule has 0 amide bonds. The van der Waals surface area contributed by atoms with Gasteiger partial charge in [-0.05, 0) is 25.3 Å². The van der Waals surface area contributed by atoms with Crippen LogP contribution in [-0.2, 0) is 6.42 Å². The Labute approximate surface area is 116 Å². The molecule has 1 heterocycles. The van der Waals surface area contributed by atoms with Gasteiger partial charge in [-0.2, -0.15) is 0 Å².